The fraction of sp³-hybridized carbons (Fsp3) is 0. The molecule has 58 valence electrons. The Hall–Kier alpha value is -1.07. The van der Waals surface area contributed by atoms with E-state index in [1.165, 1.54) is 6.20 Å². The molecule has 4 nitrogen and oxygen atoms in total. The van der Waals surface area contributed by atoms with Crippen molar-refractivity contribution in [2.75, 3.05) is 0 Å². The van der Waals surface area contributed by atoms with Gasteiger partial charge < -0.3 is 0 Å². The molecule has 0 atom stereocenters. The Morgan fingerprint density at radius 1 is 1.64 bits per heavy atom. The molecule has 0 bridgehead atoms. The maximum atomic E-state index is 10.9. The molecular weight excluding hydrogens is 164 g/mol. The zero-order chi connectivity index (χ0) is 8.10. The molecule has 1 N–H and O–H groups in total. The summed E-state index contributed by atoms with van der Waals surface area (Å²) >= 11 is 3.35. The van der Waals surface area contributed by atoms with Gasteiger partial charge in [0.15, 0.2) is 0 Å². The Morgan fingerprint density at radius 3 is 3.00 bits per heavy atom. The Morgan fingerprint density at radius 2 is 2.45 bits per heavy atom. The predicted molar refractivity (Wildman–Crippen MR) is 41.8 cm³/mol. The number of hydrogen-bond donors (Lipinski definition) is 2. The fourth-order valence-corrected chi connectivity index (χ4v) is 0.674. The second-order valence-electron chi connectivity index (χ2n) is 1.74. The van der Waals surface area contributed by atoms with Gasteiger partial charge in [-0.15, -0.1) is 0 Å². The molecule has 0 aliphatic rings. The van der Waals surface area contributed by atoms with E-state index in [1.807, 2.05) is 5.48 Å². The number of nitrogens with one attached hydrogen (secondary N) is 1. The van der Waals surface area contributed by atoms with Crippen molar-refractivity contribution in [2.24, 2.45) is 0 Å². The summed E-state index contributed by atoms with van der Waals surface area (Å²) in [5.74, 6) is -0.416. The lowest BCUT2D eigenvalue weighted by Crippen LogP contribution is -2.20. The molecule has 0 radical (unpaired) electrons. The van der Waals surface area contributed by atoms with Crippen LogP contribution in [0, 0.1) is 0 Å². The van der Waals surface area contributed by atoms with Crippen molar-refractivity contribution >= 4 is 18.8 Å². The average Bonchev–Trinajstić information content (AvgIpc) is 2.07. The monoisotopic (exact) mass is 170 g/mol. The van der Waals surface area contributed by atoms with Gasteiger partial charge in [0.25, 0.3) is 5.91 Å². The molecule has 1 heterocycles. The highest BCUT2D eigenvalue weighted by atomic mass is 32.1. The first-order valence-corrected chi connectivity index (χ1v) is 3.23. The van der Waals surface area contributed by atoms with Crippen LogP contribution in [-0.2, 0) is 4.28 Å². The van der Waals surface area contributed by atoms with Gasteiger partial charge in [0.05, 0.1) is 0 Å². The van der Waals surface area contributed by atoms with E-state index in [0.717, 1.165) is 0 Å². The van der Waals surface area contributed by atoms with E-state index in [9.17, 15) is 4.79 Å². The van der Waals surface area contributed by atoms with Crippen LogP contribution >= 0.6 is 12.9 Å². The molecule has 11 heavy (non-hydrogen) atoms. The van der Waals surface area contributed by atoms with E-state index in [2.05, 4.69) is 22.2 Å². The second kappa shape index (κ2) is 3.95. The number of carbonyl (C=O) groups is 1. The summed E-state index contributed by atoms with van der Waals surface area (Å²) in [5, 5.41) is 0. The van der Waals surface area contributed by atoms with Gasteiger partial charge >= 0.3 is 0 Å². The highest BCUT2D eigenvalue weighted by Crippen LogP contribution is 1.92. The number of thiol groups is 1. The summed E-state index contributed by atoms with van der Waals surface area (Å²) in [7, 11) is 0. The molecule has 0 unspecified atom stereocenters. The third-order valence-electron chi connectivity index (χ3n) is 1.04. The number of nitrogens with zero attached hydrogens (tertiary/aromatic N) is 1. The Balaban J connectivity index is 2.69. The van der Waals surface area contributed by atoms with E-state index >= 15 is 0 Å². The van der Waals surface area contributed by atoms with Crippen LogP contribution in [0.4, 0.5) is 0 Å². The number of carbonyl (C=O) groups excluding carboxylic acids is 1. The minimum atomic E-state index is -0.416. The SMILES string of the molecule is O=C(NOS)c1ccccn1. The lowest BCUT2D eigenvalue weighted by atomic mass is 10.3. The molecule has 0 fully saturated rings. The molecule has 0 aromatic carbocycles. The number of rotatable bonds is 2. The Labute approximate surface area is 69.2 Å². The summed E-state index contributed by atoms with van der Waals surface area (Å²) in [5.41, 5.74) is 2.32. The van der Waals surface area contributed by atoms with Gasteiger partial charge in [-0.3, -0.25) is 9.78 Å². The molecule has 1 aromatic rings. The van der Waals surface area contributed by atoms with Crippen molar-refractivity contribution in [1.82, 2.24) is 10.5 Å². The van der Waals surface area contributed by atoms with Gasteiger partial charge in [-0.1, -0.05) is 6.07 Å². The lowest BCUT2D eigenvalue weighted by Gasteiger charge is -1.97. The van der Waals surface area contributed by atoms with Crippen LogP contribution in [0.15, 0.2) is 24.4 Å². The van der Waals surface area contributed by atoms with Crippen LogP contribution in [0.25, 0.3) is 0 Å². The van der Waals surface area contributed by atoms with Gasteiger partial charge in [-0.2, -0.15) is 0 Å². The zero-order valence-corrected chi connectivity index (χ0v) is 6.41. The van der Waals surface area contributed by atoms with E-state index in [-0.39, 0.29) is 0 Å². The lowest BCUT2D eigenvalue weighted by molar-refractivity contribution is 0.0797. The van der Waals surface area contributed by atoms with Crippen molar-refractivity contribution in [2.45, 2.75) is 0 Å². The van der Waals surface area contributed by atoms with E-state index in [1.54, 1.807) is 18.2 Å². The van der Waals surface area contributed by atoms with Crippen LogP contribution in [0.2, 0.25) is 0 Å². The van der Waals surface area contributed by atoms with Crippen LogP contribution in [0.5, 0.6) is 0 Å². The van der Waals surface area contributed by atoms with E-state index in [0.29, 0.717) is 5.69 Å². The summed E-state index contributed by atoms with van der Waals surface area (Å²) in [6, 6.07) is 5.00. The van der Waals surface area contributed by atoms with E-state index in [4.69, 9.17) is 0 Å². The molecule has 1 aromatic heterocycles. The number of aromatic nitrogens is 1. The van der Waals surface area contributed by atoms with Crippen LogP contribution < -0.4 is 5.48 Å². The number of pyridine rings is 1. The third kappa shape index (κ3) is 2.21. The first-order valence-electron chi connectivity index (χ1n) is 2.86. The number of hydrogen-bond acceptors (Lipinski definition) is 4. The summed E-state index contributed by atoms with van der Waals surface area (Å²) in [6.45, 7) is 0. The van der Waals surface area contributed by atoms with Gasteiger partial charge in [0.2, 0.25) is 0 Å². The molecule has 1 rings (SSSR count). The first kappa shape index (κ1) is 8.03. The number of amides is 1. The van der Waals surface area contributed by atoms with Gasteiger partial charge in [0.1, 0.15) is 5.69 Å². The smallest absolute Gasteiger partial charge is 0.265 e. The first-order chi connectivity index (χ1) is 5.34. The normalized spacial score (nSPS) is 9.18. The van der Waals surface area contributed by atoms with Crippen LogP contribution in [0.1, 0.15) is 10.5 Å². The van der Waals surface area contributed by atoms with Gasteiger partial charge in [0, 0.05) is 19.1 Å². The Kier molecular flexibility index (Phi) is 2.88. The molecule has 0 spiro atoms. The Bertz CT molecular complexity index is 240. The molecule has 1 amide bonds. The topological polar surface area (TPSA) is 51.2 Å². The molecule has 0 saturated heterocycles. The van der Waals surface area contributed by atoms with E-state index < -0.39 is 5.91 Å². The minimum absolute atomic E-state index is 0.293. The van der Waals surface area contributed by atoms with Gasteiger partial charge in [-0.25, -0.2) is 9.76 Å². The molecule has 0 aliphatic carbocycles. The maximum absolute atomic E-state index is 10.9. The molecule has 5 heteroatoms. The van der Waals surface area contributed by atoms with Crippen molar-refractivity contribution in [1.29, 1.82) is 0 Å². The summed E-state index contributed by atoms with van der Waals surface area (Å²) in [6.07, 6.45) is 1.52. The highest BCUT2D eigenvalue weighted by molar-refractivity contribution is 7.75. The summed E-state index contributed by atoms with van der Waals surface area (Å²) < 4.78 is 4.11. The second-order valence-corrected chi connectivity index (χ2v) is 1.92. The standard InChI is InChI=1S/C6H6N2O2S/c9-6(8-10-11)5-3-1-2-4-7-5/h1-4,11H,(H,8,9). The largest absolute Gasteiger partial charge is 0.294 e. The highest BCUT2D eigenvalue weighted by Gasteiger charge is 2.03. The van der Waals surface area contributed by atoms with Crippen molar-refractivity contribution in [3.05, 3.63) is 30.1 Å². The van der Waals surface area contributed by atoms with Crippen LogP contribution in [-0.4, -0.2) is 10.9 Å². The third-order valence-corrected chi connectivity index (χ3v) is 1.13. The molecule has 0 saturated carbocycles. The molecular formula is C6H6N2O2S. The fourth-order valence-electron chi connectivity index (χ4n) is 0.591. The molecule has 0 aliphatic heterocycles. The van der Waals surface area contributed by atoms with Crippen molar-refractivity contribution in [3.63, 3.8) is 0 Å². The van der Waals surface area contributed by atoms with Gasteiger partial charge in [-0.05, 0) is 12.1 Å². The van der Waals surface area contributed by atoms with Crippen molar-refractivity contribution in [3.8, 4) is 0 Å². The zero-order valence-electron chi connectivity index (χ0n) is 5.52. The average molecular weight is 170 g/mol. The maximum Gasteiger partial charge on any atom is 0.294 e. The summed E-state index contributed by atoms with van der Waals surface area (Å²) in [4.78, 5) is 14.7. The predicted octanol–water partition coefficient (Wildman–Crippen LogP) is 0.588. The van der Waals surface area contributed by atoms with Crippen LogP contribution in [0.3, 0.4) is 0 Å². The number of hydroxylamine groups is 1. The minimum Gasteiger partial charge on any atom is -0.265 e. The van der Waals surface area contributed by atoms with Crippen molar-refractivity contribution < 1.29 is 9.08 Å². The quantitative estimate of drug-likeness (QED) is 0.388.